The smallest absolute Gasteiger partial charge is 0.235 e. The molecular weight excluding hydrogens is 310 g/mol. The zero-order valence-electron chi connectivity index (χ0n) is 12.7. The number of carbonyl (C=O) groups is 1. The van der Waals surface area contributed by atoms with Crippen LogP contribution in [0.2, 0.25) is 5.02 Å². The fourth-order valence-electron chi connectivity index (χ4n) is 3.23. The normalized spacial score (nSPS) is 20.0. The average molecular weight is 326 g/mol. The Bertz CT molecular complexity index is 800. The third-order valence-corrected chi connectivity index (χ3v) is 4.56. The first-order valence-corrected chi connectivity index (χ1v) is 8.03. The monoisotopic (exact) mass is 325 g/mol. The van der Waals surface area contributed by atoms with Crippen molar-refractivity contribution in [1.29, 1.82) is 0 Å². The average Bonchev–Trinajstić information content (AvgIpc) is 2.56. The summed E-state index contributed by atoms with van der Waals surface area (Å²) in [4.78, 5) is 21.2. The zero-order chi connectivity index (χ0) is 16.0. The first kappa shape index (κ1) is 14.3. The van der Waals surface area contributed by atoms with Gasteiger partial charge in [0.25, 0.3) is 0 Å². The zero-order valence-corrected chi connectivity index (χ0v) is 13.5. The van der Waals surface area contributed by atoms with Crippen LogP contribution in [0.4, 0.5) is 11.4 Å². The Balaban J connectivity index is 1.81. The van der Waals surface area contributed by atoms with Crippen LogP contribution < -0.4 is 9.80 Å². The third-order valence-electron chi connectivity index (χ3n) is 4.30. The van der Waals surface area contributed by atoms with E-state index in [9.17, 15) is 4.79 Å². The van der Waals surface area contributed by atoms with Crippen molar-refractivity contribution in [3.8, 4) is 0 Å². The summed E-state index contributed by atoms with van der Waals surface area (Å²) in [5, 5.41) is 0.697. The lowest BCUT2D eigenvalue weighted by Crippen LogP contribution is -2.58. The van der Waals surface area contributed by atoms with Crippen LogP contribution in [-0.2, 0) is 11.3 Å². The summed E-state index contributed by atoms with van der Waals surface area (Å²) in [5.74, 6) is 0.795. The number of rotatable bonds is 1. The van der Waals surface area contributed by atoms with E-state index in [1.54, 1.807) is 4.90 Å². The van der Waals surface area contributed by atoms with Crippen LogP contribution in [0.1, 0.15) is 18.9 Å². The van der Waals surface area contributed by atoms with Crippen LogP contribution in [-0.4, -0.2) is 17.9 Å². The van der Waals surface area contributed by atoms with Gasteiger partial charge < -0.3 is 4.90 Å². The molecule has 4 nitrogen and oxygen atoms in total. The van der Waals surface area contributed by atoms with Crippen LogP contribution in [0.25, 0.3) is 0 Å². The predicted molar refractivity (Wildman–Crippen MR) is 93.1 cm³/mol. The van der Waals surface area contributed by atoms with Crippen LogP contribution in [0.15, 0.2) is 53.5 Å². The van der Waals surface area contributed by atoms with Crippen molar-refractivity contribution >= 4 is 34.8 Å². The first-order chi connectivity index (χ1) is 11.1. The van der Waals surface area contributed by atoms with Crippen molar-refractivity contribution < 1.29 is 4.79 Å². The highest BCUT2D eigenvalue weighted by Gasteiger charge is 2.39. The summed E-state index contributed by atoms with van der Waals surface area (Å²) in [6.45, 7) is 2.64. The Hall–Kier alpha value is -2.33. The molecule has 0 aliphatic carbocycles. The van der Waals surface area contributed by atoms with Crippen molar-refractivity contribution in [1.82, 2.24) is 0 Å². The Kier molecular flexibility index (Phi) is 3.34. The van der Waals surface area contributed by atoms with Crippen molar-refractivity contribution in [2.45, 2.75) is 25.9 Å². The Morgan fingerprint density at radius 2 is 1.87 bits per heavy atom. The lowest BCUT2D eigenvalue weighted by molar-refractivity contribution is -0.118. The predicted octanol–water partition coefficient (Wildman–Crippen LogP) is 3.84. The second-order valence-electron chi connectivity index (χ2n) is 5.87. The number of nitrogens with zero attached hydrogens (tertiary/aromatic N) is 3. The second-order valence-corrected chi connectivity index (χ2v) is 6.31. The molecule has 0 spiro atoms. The van der Waals surface area contributed by atoms with Gasteiger partial charge in [-0.15, -0.1) is 0 Å². The van der Waals surface area contributed by atoms with Crippen molar-refractivity contribution in [3.63, 3.8) is 0 Å². The molecule has 2 aromatic rings. The summed E-state index contributed by atoms with van der Waals surface area (Å²) in [6.07, 6.45) is 0.454. The topological polar surface area (TPSA) is 35.9 Å². The Morgan fingerprint density at radius 1 is 1.13 bits per heavy atom. The van der Waals surface area contributed by atoms with E-state index in [4.69, 9.17) is 11.6 Å². The van der Waals surface area contributed by atoms with Crippen LogP contribution in [0.5, 0.6) is 0 Å². The van der Waals surface area contributed by atoms with E-state index in [1.807, 2.05) is 55.5 Å². The fraction of sp³-hybridized carbons (Fsp3) is 0.222. The number of para-hydroxylation sites is 1. The molecule has 1 saturated heterocycles. The van der Waals surface area contributed by atoms with Crippen LogP contribution in [0, 0.1) is 0 Å². The van der Waals surface area contributed by atoms with Gasteiger partial charge in [0.15, 0.2) is 0 Å². The Labute approximate surface area is 140 Å². The van der Waals surface area contributed by atoms with Gasteiger partial charge in [-0.05, 0) is 42.8 Å². The maximum Gasteiger partial charge on any atom is 0.235 e. The largest absolute Gasteiger partial charge is 0.309 e. The SMILES string of the molecule is CC1CC(=O)N2C(=NCc3ccccc32)N1c1ccc(Cl)cc1. The van der Waals surface area contributed by atoms with Crippen LogP contribution >= 0.6 is 11.6 Å². The molecule has 0 radical (unpaired) electrons. The number of benzene rings is 2. The molecule has 2 heterocycles. The number of amides is 1. The highest BCUT2D eigenvalue weighted by molar-refractivity contribution is 6.30. The van der Waals surface area contributed by atoms with E-state index in [2.05, 4.69) is 9.89 Å². The van der Waals surface area contributed by atoms with Crippen LogP contribution in [0.3, 0.4) is 0 Å². The molecule has 2 aliphatic rings. The van der Waals surface area contributed by atoms with E-state index in [0.29, 0.717) is 23.9 Å². The molecule has 0 bridgehead atoms. The standard InChI is InChI=1S/C18H16ClN3O/c1-12-10-17(23)22-16-5-3-2-4-13(16)11-20-18(22)21(12)15-8-6-14(19)7-9-15/h2-9,12H,10-11H2,1H3. The minimum Gasteiger partial charge on any atom is -0.309 e. The van der Waals surface area contributed by atoms with Gasteiger partial charge in [-0.3, -0.25) is 4.79 Å². The summed E-state index contributed by atoms with van der Waals surface area (Å²) in [5.41, 5.74) is 3.01. The molecule has 2 aliphatic heterocycles. The van der Waals surface area contributed by atoms with Gasteiger partial charge in [0.05, 0.1) is 12.2 Å². The van der Waals surface area contributed by atoms with E-state index >= 15 is 0 Å². The van der Waals surface area contributed by atoms with Gasteiger partial charge in [-0.25, -0.2) is 9.89 Å². The first-order valence-electron chi connectivity index (χ1n) is 7.65. The molecule has 1 amide bonds. The molecule has 0 N–H and O–H groups in total. The molecule has 116 valence electrons. The van der Waals surface area contributed by atoms with Gasteiger partial charge in [-0.1, -0.05) is 29.8 Å². The summed E-state index contributed by atoms with van der Waals surface area (Å²) in [6, 6.07) is 15.7. The maximum absolute atomic E-state index is 12.6. The molecular formula is C18H16ClN3O. The number of carbonyl (C=O) groups excluding carboxylic acids is 1. The summed E-state index contributed by atoms with van der Waals surface area (Å²) in [7, 11) is 0. The van der Waals surface area contributed by atoms with E-state index < -0.39 is 0 Å². The minimum absolute atomic E-state index is 0.0592. The number of halogens is 1. The molecule has 1 atom stereocenters. The van der Waals surface area contributed by atoms with E-state index in [1.165, 1.54) is 0 Å². The van der Waals surface area contributed by atoms with E-state index in [0.717, 1.165) is 16.9 Å². The van der Waals surface area contributed by atoms with Gasteiger partial charge in [0, 0.05) is 23.2 Å². The number of aliphatic imine (C=N–C) groups is 1. The maximum atomic E-state index is 12.6. The highest BCUT2D eigenvalue weighted by atomic mass is 35.5. The number of hydrogen-bond acceptors (Lipinski definition) is 3. The molecule has 5 heteroatoms. The molecule has 1 fully saturated rings. The minimum atomic E-state index is 0.0592. The van der Waals surface area contributed by atoms with Gasteiger partial charge in [-0.2, -0.15) is 0 Å². The molecule has 23 heavy (non-hydrogen) atoms. The van der Waals surface area contributed by atoms with Gasteiger partial charge >= 0.3 is 0 Å². The molecule has 2 aromatic carbocycles. The second kappa shape index (κ2) is 5.39. The quantitative estimate of drug-likeness (QED) is 0.798. The van der Waals surface area contributed by atoms with Crippen molar-refractivity contribution in [2.24, 2.45) is 4.99 Å². The van der Waals surface area contributed by atoms with Crippen molar-refractivity contribution in [3.05, 3.63) is 59.1 Å². The number of fused-ring (bicyclic) bond motifs is 3. The molecule has 0 saturated carbocycles. The third kappa shape index (κ3) is 2.30. The number of anilines is 2. The number of hydrogen-bond donors (Lipinski definition) is 0. The summed E-state index contributed by atoms with van der Waals surface area (Å²) >= 11 is 6.00. The summed E-state index contributed by atoms with van der Waals surface area (Å²) < 4.78 is 0. The lowest BCUT2D eigenvalue weighted by atomic mass is 10.0. The van der Waals surface area contributed by atoms with E-state index in [-0.39, 0.29) is 11.9 Å². The van der Waals surface area contributed by atoms with Gasteiger partial charge in [0.2, 0.25) is 11.9 Å². The molecule has 0 aromatic heterocycles. The Morgan fingerprint density at radius 3 is 2.65 bits per heavy atom. The molecule has 4 rings (SSSR count). The van der Waals surface area contributed by atoms with Crippen molar-refractivity contribution in [2.75, 3.05) is 9.80 Å². The molecule has 1 unspecified atom stereocenters. The lowest BCUT2D eigenvalue weighted by Gasteiger charge is -2.43. The number of guanidine groups is 1. The van der Waals surface area contributed by atoms with Gasteiger partial charge in [0.1, 0.15) is 0 Å². The fourth-order valence-corrected chi connectivity index (χ4v) is 3.36. The highest BCUT2D eigenvalue weighted by Crippen LogP contribution is 2.34.